The molecule has 1 aromatic heterocycles. The highest BCUT2D eigenvalue weighted by Crippen LogP contribution is 2.31. The number of carbonyl (C=O) groups is 1. The maximum atomic E-state index is 12.5. The number of amides is 1. The van der Waals surface area contributed by atoms with Crippen molar-refractivity contribution in [2.75, 3.05) is 13.3 Å². The van der Waals surface area contributed by atoms with Crippen LogP contribution in [-0.2, 0) is 6.54 Å². The van der Waals surface area contributed by atoms with E-state index in [0.717, 1.165) is 19.4 Å². The third-order valence-corrected chi connectivity index (χ3v) is 5.09. The summed E-state index contributed by atoms with van der Waals surface area (Å²) < 4.78 is 1.87. The average molecular weight is 295 g/mol. The van der Waals surface area contributed by atoms with E-state index in [9.17, 15) is 4.79 Å². The van der Waals surface area contributed by atoms with E-state index in [1.807, 2.05) is 34.6 Å². The molecule has 20 heavy (non-hydrogen) atoms. The molecular formula is C15H25N3OS. The molecule has 1 heterocycles. The minimum absolute atomic E-state index is 0.103. The molecular weight excluding hydrogens is 270 g/mol. The van der Waals surface area contributed by atoms with Gasteiger partial charge in [0.25, 0.3) is 5.91 Å². The molecule has 0 aromatic carbocycles. The topological polar surface area (TPSA) is 38.1 Å². The van der Waals surface area contributed by atoms with Crippen LogP contribution in [0.2, 0.25) is 0 Å². The highest BCUT2D eigenvalue weighted by Gasteiger charge is 2.30. The van der Waals surface area contributed by atoms with Crippen LogP contribution in [0.1, 0.15) is 43.5 Å². The van der Waals surface area contributed by atoms with Gasteiger partial charge < -0.3 is 4.90 Å². The zero-order chi connectivity index (χ0) is 14.7. The quantitative estimate of drug-likeness (QED) is 0.838. The van der Waals surface area contributed by atoms with Crippen molar-refractivity contribution in [3.8, 4) is 0 Å². The molecule has 1 aliphatic rings. The summed E-state index contributed by atoms with van der Waals surface area (Å²) in [7, 11) is 1.93. The predicted octanol–water partition coefficient (Wildman–Crippen LogP) is 2.90. The average Bonchev–Trinajstić information content (AvgIpc) is 3.04. The van der Waals surface area contributed by atoms with Crippen LogP contribution in [0.5, 0.6) is 0 Å². The lowest BCUT2D eigenvalue weighted by atomic mass is 10.2. The molecule has 0 bridgehead atoms. The van der Waals surface area contributed by atoms with Crippen LogP contribution >= 0.6 is 11.8 Å². The zero-order valence-corrected chi connectivity index (χ0v) is 13.7. The van der Waals surface area contributed by atoms with E-state index in [1.165, 1.54) is 6.42 Å². The van der Waals surface area contributed by atoms with Gasteiger partial charge in [-0.2, -0.15) is 16.9 Å². The van der Waals surface area contributed by atoms with Gasteiger partial charge in [-0.3, -0.25) is 9.48 Å². The normalized spacial score (nSPS) is 22.4. The summed E-state index contributed by atoms with van der Waals surface area (Å²) in [5.74, 6) is 0.638. The van der Waals surface area contributed by atoms with Gasteiger partial charge in [-0.1, -0.05) is 13.8 Å². The van der Waals surface area contributed by atoms with E-state index >= 15 is 0 Å². The van der Waals surface area contributed by atoms with E-state index in [1.54, 1.807) is 6.20 Å². The van der Waals surface area contributed by atoms with Crippen LogP contribution in [0.25, 0.3) is 0 Å². The number of nitrogens with zero attached hydrogens (tertiary/aromatic N) is 3. The van der Waals surface area contributed by atoms with Crippen LogP contribution in [0.15, 0.2) is 12.4 Å². The lowest BCUT2D eigenvalue weighted by Gasteiger charge is -2.24. The largest absolute Gasteiger partial charge is 0.339 e. The van der Waals surface area contributed by atoms with Gasteiger partial charge in [0.2, 0.25) is 0 Å². The van der Waals surface area contributed by atoms with Gasteiger partial charge in [-0.25, -0.2) is 0 Å². The van der Waals surface area contributed by atoms with Crippen LogP contribution in [0.3, 0.4) is 0 Å². The fourth-order valence-corrected chi connectivity index (χ4v) is 3.59. The van der Waals surface area contributed by atoms with Gasteiger partial charge in [0.15, 0.2) is 0 Å². The molecule has 0 radical (unpaired) electrons. The molecule has 0 N–H and O–H groups in total. The third kappa shape index (κ3) is 3.57. The summed E-state index contributed by atoms with van der Waals surface area (Å²) in [6.07, 6.45) is 9.18. The smallest absolute Gasteiger partial charge is 0.257 e. The Labute approximate surface area is 125 Å². The Morgan fingerprint density at radius 2 is 2.30 bits per heavy atom. The van der Waals surface area contributed by atoms with Gasteiger partial charge in [0.05, 0.1) is 11.8 Å². The van der Waals surface area contributed by atoms with Crippen molar-refractivity contribution >= 4 is 17.7 Å². The van der Waals surface area contributed by atoms with Crippen molar-refractivity contribution in [2.24, 2.45) is 5.92 Å². The molecule has 1 amide bonds. The molecule has 4 nitrogen and oxygen atoms in total. The van der Waals surface area contributed by atoms with Crippen LogP contribution < -0.4 is 0 Å². The molecule has 112 valence electrons. The Bertz CT molecular complexity index is 458. The van der Waals surface area contributed by atoms with Crippen molar-refractivity contribution in [1.82, 2.24) is 14.7 Å². The second-order valence-electron chi connectivity index (χ2n) is 6.09. The lowest BCUT2D eigenvalue weighted by Crippen LogP contribution is -2.35. The molecule has 1 aliphatic carbocycles. The van der Waals surface area contributed by atoms with Crippen molar-refractivity contribution in [2.45, 2.75) is 50.9 Å². The minimum atomic E-state index is 0.103. The first-order valence-electron chi connectivity index (χ1n) is 7.33. The second-order valence-corrected chi connectivity index (χ2v) is 7.22. The molecule has 1 fully saturated rings. The van der Waals surface area contributed by atoms with Gasteiger partial charge in [0.1, 0.15) is 0 Å². The number of rotatable bonds is 5. The SMILES string of the molecule is CSC1CCC(N(C)C(=O)c2cnn(CC(C)C)c2)C1. The number of hydrogen-bond acceptors (Lipinski definition) is 3. The highest BCUT2D eigenvalue weighted by atomic mass is 32.2. The summed E-state index contributed by atoms with van der Waals surface area (Å²) >= 11 is 1.92. The van der Waals surface area contributed by atoms with Crippen LogP contribution in [0.4, 0.5) is 0 Å². The summed E-state index contributed by atoms with van der Waals surface area (Å²) in [6, 6.07) is 0.383. The number of carbonyl (C=O) groups excluding carboxylic acids is 1. The molecule has 1 aromatic rings. The Morgan fingerprint density at radius 3 is 2.90 bits per heavy atom. The van der Waals surface area contributed by atoms with E-state index in [2.05, 4.69) is 25.2 Å². The lowest BCUT2D eigenvalue weighted by molar-refractivity contribution is 0.0735. The van der Waals surface area contributed by atoms with Crippen LogP contribution in [-0.4, -0.2) is 45.2 Å². The van der Waals surface area contributed by atoms with Crippen LogP contribution in [0, 0.1) is 5.92 Å². The Kier molecular flexibility index (Phi) is 5.13. The molecule has 2 unspecified atom stereocenters. The van der Waals surface area contributed by atoms with E-state index < -0.39 is 0 Å². The predicted molar refractivity (Wildman–Crippen MR) is 84.1 cm³/mol. The number of thioether (sulfide) groups is 1. The van der Waals surface area contributed by atoms with Crippen molar-refractivity contribution < 1.29 is 4.79 Å². The monoisotopic (exact) mass is 295 g/mol. The fourth-order valence-electron chi connectivity index (χ4n) is 2.80. The Morgan fingerprint density at radius 1 is 1.55 bits per heavy atom. The van der Waals surface area contributed by atoms with Crippen molar-refractivity contribution in [3.05, 3.63) is 18.0 Å². The zero-order valence-electron chi connectivity index (χ0n) is 12.9. The molecule has 5 heteroatoms. The van der Waals surface area contributed by atoms with E-state index in [4.69, 9.17) is 0 Å². The van der Waals surface area contributed by atoms with Crippen molar-refractivity contribution in [1.29, 1.82) is 0 Å². The summed E-state index contributed by atoms with van der Waals surface area (Å²) in [5, 5.41) is 4.99. The molecule has 2 rings (SSSR count). The second kappa shape index (κ2) is 6.66. The first-order chi connectivity index (χ1) is 9.51. The third-order valence-electron chi connectivity index (χ3n) is 3.99. The summed E-state index contributed by atoms with van der Waals surface area (Å²) in [6.45, 7) is 5.15. The number of aromatic nitrogens is 2. The van der Waals surface area contributed by atoms with E-state index in [0.29, 0.717) is 22.8 Å². The molecule has 0 saturated heterocycles. The van der Waals surface area contributed by atoms with Gasteiger partial charge in [-0.15, -0.1) is 0 Å². The molecule has 0 aliphatic heterocycles. The van der Waals surface area contributed by atoms with Crippen molar-refractivity contribution in [3.63, 3.8) is 0 Å². The first-order valence-corrected chi connectivity index (χ1v) is 8.62. The first kappa shape index (κ1) is 15.4. The molecule has 0 spiro atoms. The maximum absolute atomic E-state index is 12.5. The fraction of sp³-hybridized carbons (Fsp3) is 0.733. The Balaban J connectivity index is 1.98. The minimum Gasteiger partial charge on any atom is -0.339 e. The van der Waals surface area contributed by atoms with E-state index in [-0.39, 0.29) is 5.91 Å². The van der Waals surface area contributed by atoms with Gasteiger partial charge in [-0.05, 0) is 31.4 Å². The highest BCUT2D eigenvalue weighted by molar-refractivity contribution is 7.99. The number of hydrogen-bond donors (Lipinski definition) is 0. The standard InChI is InChI=1S/C15H25N3OS/c1-11(2)9-18-10-12(8-16-18)15(19)17(3)13-5-6-14(7-13)20-4/h8,10-11,13-14H,5-7,9H2,1-4H3. The maximum Gasteiger partial charge on any atom is 0.257 e. The van der Waals surface area contributed by atoms with Gasteiger partial charge in [0, 0.05) is 31.1 Å². The molecule has 2 atom stereocenters. The summed E-state index contributed by atoms with van der Waals surface area (Å²) in [5.41, 5.74) is 0.709. The summed E-state index contributed by atoms with van der Waals surface area (Å²) in [4.78, 5) is 14.4. The van der Waals surface area contributed by atoms with Gasteiger partial charge >= 0.3 is 0 Å². The Hall–Kier alpha value is -0.970. The molecule has 1 saturated carbocycles.